The Balaban J connectivity index is 1.99. The normalized spacial score (nSPS) is 19.4. The van der Waals surface area contributed by atoms with Gasteiger partial charge in [0.2, 0.25) is 0 Å². The van der Waals surface area contributed by atoms with E-state index in [1.165, 1.54) is 41.3 Å². The minimum Gasteiger partial charge on any atom is -0.444 e. The first kappa shape index (κ1) is 34.8. The molecule has 44 heavy (non-hydrogen) atoms. The minimum absolute atomic E-state index is 0.0104. The van der Waals surface area contributed by atoms with E-state index in [1.807, 2.05) is 33.9 Å². The van der Waals surface area contributed by atoms with Crippen molar-refractivity contribution in [3.05, 3.63) is 69.8 Å². The molecule has 2 aromatic rings. The molecule has 0 aromatic heterocycles. The van der Waals surface area contributed by atoms with Crippen LogP contribution in [0.25, 0.3) is 0 Å². The molecule has 10 nitrogen and oxygen atoms in total. The third-order valence-corrected chi connectivity index (χ3v) is 12.1. The van der Waals surface area contributed by atoms with Gasteiger partial charge in [-0.15, -0.1) is 0 Å². The first-order valence-electron chi connectivity index (χ1n) is 14.0. The van der Waals surface area contributed by atoms with Crippen LogP contribution < -0.4 is 4.74 Å². The van der Waals surface area contributed by atoms with Crippen molar-refractivity contribution in [2.75, 3.05) is 6.54 Å². The number of non-ortho nitro benzene ring substituents is 1. The summed E-state index contributed by atoms with van der Waals surface area (Å²) in [5.74, 6) is -0.0104. The van der Waals surface area contributed by atoms with Gasteiger partial charge in [-0.25, -0.2) is 9.59 Å². The Morgan fingerprint density at radius 1 is 0.977 bits per heavy atom. The summed E-state index contributed by atoms with van der Waals surface area (Å²) in [6.45, 7) is 15.2. The summed E-state index contributed by atoms with van der Waals surface area (Å²) >= 11 is 0. The van der Waals surface area contributed by atoms with E-state index in [-0.39, 0.29) is 29.4 Å². The standard InChI is InChI=1S/C30H39F3N2O8Si/c1-28(2,3)42-26(36)34-18-24(43-44(7,8)29(4,5)6)25(23(34)17-19-9-11-20(12-10-19)30(31,32)33)41-27(37)40-22-15-13-21(14-16-22)35(38)39/h9-16,23-25H,17-18H2,1-8H3/t23-,24+,25+/m1/s1. The number of carbonyl (C=O) groups is 2. The highest BCUT2D eigenvalue weighted by atomic mass is 28.4. The molecule has 1 amide bonds. The van der Waals surface area contributed by atoms with Crippen LogP contribution in [0, 0.1) is 10.1 Å². The smallest absolute Gasteiger partial charge is 0.444 e. The lowest BCUT2D eigenvalue weighted by Gasteiger charge is -2.39. The highest BCUT2D eigenvalue weighted by molar-refractivity contribution is 6.74. The summed E-state index contributed by atoms with van der Waals surface area (Å²) in [4.78, 5) is 38.3. The number of amides is 1. The predicted molar refractivity (Wildman–Crippen MR) is 158 cm³/mol. The molecule has 3 rings (SSSR count). The van der Waals surface area contributed by atoms with Gasteiger partial charge in [0.05, 0.1) is 23.1 Å². The highest BCUT2D eigenvalue weighted by Gasteiger charge is 2.52. The average Bonchev–Trinajstić information content (AvgIpc) is 3.18. The van der Waals surface area contributed by atoms with Crippen LogP contribution in [-0.2, 0) is 26.5 Å². The van der Waals surface area contributed by atoms with Gasteiger partial charge in [0.1, 0.15) is 17.5 Å². The summed E-state index contributed by atoms with van der Waals surface area (Å²) in [5.41, 5.74) is -1.43. The number of nitrogens with zero attached hydrogens (tertiary/aromatic N) is 2. The molecule has 1 aliphatic rings. The fraction of sp³-hybridized carbons (Fsp3) is 0.533. The Morgan fingerprint density at radius 2 is 1.55 bits per heavy atom. The van der Waals surface area contributed by atoms with Crippen molar-refractivity contribution in [1.29, 1.82) is 0 Å². The zero-order chi connectivity index (χ0) is 33.3. The molecule has 3 atom stereocenters. The molecule has 1 heterocycles. The molecule has 1 aliphatic heterocycles. The van der Waals surface area contributed by atoms with Gasteiger partial charge in [-0.3, -0.25) is 15.0 Å². The zero-order valence-corrected chi connectivity index (χ0v) is 27.1. The molecule has 0 saturated carbocycles. The van der Waals surface area contributed by atoms with Crippen molar-refractivity contribution in [3.63, 3.8) is 0 Å². The summed E-state index contributed by atoms with van der Waals surface area (Å²) in [6, 6.07) is 8.44. The second-order valence-corrected chi connectivity index (χ2v) is 18.0. The van der Waals surface area contributed by atoms with Crippen LogP contribution in [0.2, 0.25) is 18.1 Å². The molecular formula is C30H39F3N2O8Si. The van der Waals surface area contributed by atoms with Gasteiger partial charge in [0.15, 0.2) is 14.4 Å². The van der Waals surface area contributed by atoms with Gasteiger partial charge in [0, 0.05) is 12.1 Å². The summed E-state index contributed by atoms with van der Waals surface area (Å²) in [7, 11) is -2.52. The lowest BCUT2D eigenvalue weighted by Crippen LogP contribution is -2.49. The van der Waals surface area contributed by atoms with Crippen molar-refractivity contribution in [2.45, 2.75) is 96.1 Å². The maximum atomic E-state index is 13.4. The van der Waals surface area contributed by atoms with E-state index in [9.17, 15) is 32.9 Å². The molecule has 0 unspecified atom stereocenters. The summed E-state index contributed by atoms with van der Waals surface area (Å²) in [5, 5.41) is 10.7. The fourth-order valence-electron chi connectivity index (χ4n) is 4.37. The lowest BCUT2D eigenvalue weighted by atomic mass is 10.00. The number of halogens is 3. The molecule has 0 radical (unpaired) electrons. The van der Waals surface area contributed by atoms with Crippen LogP contribution in [0.1, 0.15) is 52.7 Å². The molecule has 2 aromatic carbocycles. The Morgan fingerprint density at radius 3 is 2.02 bits per heavy atom. The van der Waals surface area contributed by atoms with Crippen LogP contribution in [0.3, 0.4) is 0 Å². The first-order valence-corrected chi connectivity index (χ1v) is 16.9. The van der Waals surface area contributed by atoms with E-state index >= 15 is 0 Å². The molecule has 0 N–H and O–H groups in total. The molecule has 1 saturated heterocycles. The van der Waals surface area contributed by atoms with E-state index in [0.717, 1.165) is 12.1 Å². The Hall–Kier alpha value is -3.65. The van der Waals surface area contributed by atoms with Gasteiger partial charge in [-0.1, -0.05) is 32.9 Å². The first-order chi connectivity index (χ1) is 20.1. The van der Waals surface area contributed by atoms with E-state index in [2.05, 4.69) is 0 Å². The van der Waals surface area contributed by atoms with E-state index in [1.54, 1.807) is 20.8 Å². The maximum Gasteiger partial charge on any atom is 0.514 e. The molecular weight excluding hydrogens is 601 g/mol. The number of hydrogen-bond donors (Lipinski definition) is 0. The van der Waals surface area contributed by atoms with Gasteiger partial charge in [0.25, 0.3) is 5.69 Å². The minimum atomic E-state index is -4.52. The number of rotatable bonds is 7. The number of likely N-dealkylation sites (tertiary alicyclic amines) is 1. The Bertz CT molecular complexity index is 1340. The highest BCUT2D eigenvalue weighted by Crippen LogP contribution is 2.40. The van der Waals surface area contributed by atoms with Gasteiger partial charge in [-0.2, -0.15) is 13.2 Å². The number of benzene rings is 2. The largest absolute Gasteiger partial charge is 0.514 e. The van der Waals surface area contributed by atoms with Crippen LogP contribution in [0.15, 0.2) is 48.5 Å². The van der Waals surface area contributed by atoms with Crippen LogP contribution in [0.5, 0.6) is 5.75 Å². The Kier molecular flexibility index (Phi) is 10.1. The molecule has 0 spiro atoms. The summed E-state index contributed by atoms with van der Waals surface area (Å²) < 4.78 is 63.0. The van der Waals surface area contributed by atoms with Crippen molar-refractivity contribution < 1.29 is 46.3 Å². The van der Waals surface area contributed by atoms with Gasteiger partial charge < -0.3 is 18.6 Å². The van der Waals surface area contributed by atoms with Crippen molar-refractivity contribution >= 4 is 26.3 Å². The van der Waals surface area contributed by atoms with Crippen molar-refractivity contribution in [3.8, 4) is 5.75 Å². The maximum absolute atomic E-state index is 13.4. The van der Waals surface area contributed by atoms with Crippen LogP contribution >= 0.6 is 0 Å². The van der Waals surface area contributed by atoms with Crippen LogP contribution in [-0.4, -0.2) is 60.8 Å². The van der Waals surface area contributed by atoms with Crippen LogP contribution in [0.4, 0.5) is 28.4 Å². The van der Waals surface area contributed by atoms with E-state index < -0.39 is 61.1 Å². The SMILES string of the molecule is CC(C)(C)OC(=O)N1C[C@H](O[Si](C)(C)C(C)(C)C)[C@@H](OC(=O)Oc2ccc([N+](=O)[O-])cc2)[C@H]1Cc1ccc(C(F)(F)F)cc1. The van der Waals surface area contributed by atoms with E-state index in [4.69, 9.17) is 18.6 Å². The third kappa shape index (κ3) is 8.94. The monoisotopic (exact) mass is 640 g/mol. The number of ether oxygens (including phenoxy) is 3. The number of hydrogen-bond acceptors (Lipinski definition) is 8. The lowest BCUT2D eigenvalue weighted by molar-refractivity contribution is -0.384. The quantitative estimate of drug-likeness (QED) is 0.0991. The molecule has 242 valence electrons. The molecule has 1 fully saturated rings. The fourth-order valence-corrected chi connectivity index (χ4v) is 5.69. The number of nitro benzene ring substituents is 1. The average molecular weight is 641 g/mol. The third-order valence-electron chi connectivity index (χ3n) is 7.61. The second-order valence-electron chi connectivity index (χ2n) is 13.2. The molecule has 14 heteroatoms. The number of nitro groups is 1. The molecule has 0 bridgehead atoms. The molecule has 0 aliphatic carbocycles. The van der Waals surface area contributed by atoms with Gasteiger partial charge in [-0.05, 0) is 75.2 Å². The zero-order valence-electron chi connectivity index (χ0n) is 26.1. The Labute approximate surface area is 255 Å². The van der Waals surface area contributed by atoms with Crippen molar-refractivity contribution in [2.24, 2.45) is 0 Å². The van der Waals surface area contributed by atoms with Gasteiger partial charge >= 0.3 is 18.4 Å². The number of alkyl halides is 3. The number of carbonyl (C=O) groups excluding carboxylic acids is 2. The predicted octanol–water partition coefficient (Wildman–Crippen LogP) is 7.75. The second kappa shape index (κ2) is 12.8. The summed E-state index contributed by atoms with van der Waals surface area (Å²) in [6.07, 6.45) is -8.26. The van der Waals surface area contributed by atoms with Crippen molar-refractivity contribution in [1.82, 2.24) is 4.90 Å². The topological polar surface area (TPSA) is 117 Å². The van der Waals surface area contributed by atoms with E-state index in [0.29, 0.717) is 5.56 Å².